The minimum absolute atomic E-state index is 0.0122. The maximum absolute atomic E-state index is 13.8. The highest BCUT2D eigenvalue weighted by Gasteiger charge is 2.24. The van der Waals surface area contributed by atoms with Crippen molar-refractivity contribution in [3.8, 4) is 5.75 Å². The van der Waals surface area contributed by atoms with Gasteiger partial charge in [0.1, 0.15) is 21.0 Å². The number of ether oxygens (including phenoxy) is 2. The summed E-state index contributed by atoms with van der Waals surface area (Å²) in [6.07, 6.45) is 7.39. The van der Waals surface area contributed by atoms with Crippen molar-refractivity contribution in [3.05, 3.63) is 78.7 Å². The summed E-state index contributed by atoms with van der Waals surface area (Å²) in [6, 6.07) is 6.00. The van der Waals surface area contributed by atoms with Gasteiger partial charge in [-0.3, -0.25) is 25.1 Å². The minimum atomic E-state index is -1.15. The lowest BCUT2D eigenvalue weighted by atomic mass is 10.2. The number of aryl methyl sites for hydroxylation is 4. The van der Waals surface area contributed by atoms with Crippen LogP contribution in [0, 0.1) is 13.8 Å². The third-order valence-corrected chi connectivity index (χ3v) is 13.0. The number of nitrogens with one attached hydrogen (secondary N) is 2. The molecule has 0 saturated carbocycles. The molecular weight excluding hydrogens is 855 g/mol. The molecule has 0 radical (unpaired) electrons. The van der Waals surface area contributed by atoms with Gasteiger partial charge < -0.3 is 28.8 Å². The molecule has 62 heavy (non-hydrogen) atoms. The van der Waals surface area contributed by atoms with E-state index in [0.717, 1.165) is 29.6 Å². The van der Waals surface area contributed by atoms with Gasteiger partial charge in [0.25, 0.3) is 11.8 Å². The molecule has 2 amide bonds. The number of thioether (sulfide) groups is 1. The molecule has 4 N–H and O–H groups in total. The molecule has 1 aliphatic rings. The van der Waals surface area contributed by atoms with E-state index < -0.39 is 17.8 Å². The maximum atomic E-state index is 13.8. The summed E-state index contributed by atoms with van der Waals surface area (Å²) < 4.78 is 15.4. The topological polar surface area (TPSA) is 216 Å². The number of hydrogen-bond donors (Lipinski definition) is 4. The maximum Gasteiger partial charge on any atom is 0.335 e. The quantitative estimate of drug-likeness (QED) is 0.0388. The van der Waals surface area contributed by atoms with Crippen molar-refractivity contribution in [2.75, 3.05) is 56.3 Å². The number of carbonyl (C=O) groups excluding carboxylic acids is 2. The standard InChI is InChI=1S/C42H47N9O8S3/c1-6-27-35(61-23(3)43-27)37(52)47-41-45-29-19-25(39(54)55)21-31(59-16-10-11-49-14-17-58-18-15-49)33(29)50(41)12-8-9-13-51-34-30(20-26(40(56)57)22-32(34)60-5)46-42(51)48-38(53)36-28(7-2)44-24(4)62-36/h8-9,19-22H,6-7,10-18H2,1-5H3,(H,54,55)(H,56,57)(H,45,47,52)(H,46,48,53). The van der Waals surface area contributed by atoms with Gasteiger partial charge in [-0.2, -0.15) is 0 Å². The van der Waals surface area contributed by atoms with E-state index in [9.17, 15) is 29.4 Å². The van der Waals surface area contributed by atoms with Crippen LogP contribution in [0.4, 0.5) is 11.9 Å². The van der Waals surface area contributed by atoms with E-state index in [2.05, 4.69) is 25.5 Å². The van der Waals surface area contributed by atoms with E-state index in [0.29, 0.717) is 92.9 Å². The zero-order chi connectivity index (χ0) is 44.1. The zero-order valence-corrected chi connectivity index (χ0v) is 37.4. The summed E-state index contributed by atoms with van der Waals surface area (Å²) in [5.74, 6) is -2.30. The Balaban J connectivity index is 1.25. The molecule has 0 spiro atoms. The number of rotatable bonds is 18. The van der Waals surface area contributed by atoms with Gasteiger partial charge in [-0.1, -0.05) is 26.0 Å². The normalized spacial score (nSPS) is 13.4. The molecule has 4 aromatic heterocycles. The molecule has 0 aliphatic carbocycles. The van der Waals surface area contributed by atoms with Crippen molar-refractivity contribution in [2.24, 2.45) is 0 Å². The van der Waals surface area contributed by atoms with Crippen LogP contribution in [0.5, 0.6) is 5.75 Å². The third-order valence-electron chi connectivity index (χ3n) is 10.2. The van der Waals surface area contributed by atoms with Crippen molar-refractivity contribution >= 4 is 92.2 Å². The van der Waals surface area contributed by atoms with Crippen LogP contribution in [-0.4, -0.2) is 114 Å². The number of allylic oxidation sites excluding steroid dienone is 2. The van der Waals surface area contributed by atoms with Gasteiger partial charge in [0, 0.05) is 37.6 Å². The molecule has 20 heteroatoms. The summed E-state index contributed by atoms with van der Waals surface area (Å²) in [5.41, 5.74) is 3.25. The second kappa shape index (κ2) is 19.6. The number of thiazole rings is 2. The summed E-state index contributed by atoms with van der Waals surface area (Å²) in [5, 5.41) is 27.4. The van der Waals surface area contributed by atoms with Crippen molar-refractivity contribution in [3.63, 3.8) is 0 Å². The fourth-order valence-electron chi connectivity index (χ4n) is 7.27. The number of morpholine rings is 1. The average Bonchev–Trinajstić information content (AvgIpc) is 4.03. The van der Waals surface area contributed by atoms with Crippen LogP contribution in [0.1, 0.15) is 81.7 Å². The molecule has 17 nitrogen and oxygen atoms in total. The Hall–Kier alpha value is -5.67. The van der Waals surface area contributed by atoms with Gasteiger partial charge in [-0.25, -0.2) is 29.5 Å². The van der Waals surface area contributed by atoms with Crippen LogP contribution < -0.4 is 15.4 Å². The van der Waals surface area contributed by atoms with Crippen LogP contribution in [0.3, 0.4) is 0 Å². The predicted octanol–water partition coefficient (Wildman–Crippen LogP) is 7.02. The SMILES string of the molecule is CCc1nc(C)sc1C(=O)Nc1nc2cc(C(=O)O)cc(OCCCN3CCOCC3)c2n1CC=CCn1c(NC(=O)c2sc(C)nc2CC)nc2cc(C(=O)O)cc(SC)c21. The lowest BCUT2D eigenvalue weighted by molar-refractivity contribution is 0.0358. The number of amides is 2. The molecule has 2 aromatic carbocycles. The summed E-state index contributed by atoms with van der Waals surface area (Å²) in [4.78, 5) is 74.3. The first kappa shape index (κ1) is 44.4. The van der Waals surface area contributed by atoms with E-state index in [-0.39, 0.29) is 42.0 Å². The minimum Gasteiger partial charge on any atom is -0.491 e. The lowest BCUT2D eigenvalue weighted by Gasteiger charge is -2.26. The highest BCUT2D eigenvalue weighted by Crippen LogP contribution is 2.34. The number of carboxylic acids is 2. The lowest BCUT2D eigenvalue weighted by Crippen LogP contribution is -2.37. The van der Waals surface area contributed by atoms with Crippen LogP contribution in [0.2, 0.25) is 0 Å². The molecule has 6 aromatic rings. The number of carbonyl (C=O) groups is 4. The Kier molecular flexibility index (Phi) is 14.0. The second-order valence-corrected chi connectivity index (χ2v) is 17.6. The monoisotopic (exact) mass is 901 g/mol. The molecule has 326 valence electrons. The number of benzene rings is 2. The van der Waals surface area contributed by atoms with Crippen LogP contribution >= 0.6 is 34.4 Å². The first-order valence-electron chi connectivity index (χ1n) is 20.1. The number of aromatic nitrogens is 6. The largest absolute Gasteiger partial charge is 0.491 e. The molecule has 1 saturated heterocycles. The van der Waals surface area contributed by atoms with Gasteiger partial charge in [0.15, 0.2) is 0 Å². The van der Waals surface area contributed by atoms with Gasteiger partial charge in [-0.15, -0.1) is 34.4 Å². The zero-order valence-electron chi connectivity index (χ0n) is 34.9. The van der Waals surface area contributed by atoms with Crippen LogP contribution in [0.15, 0.2) is 41.3 Å². The number of aromatic carboxylic acids is 2. The molecule has 0 atom stereocenters. The van der Waals surface area contributed by atoms with Crippen LogP contribution in [0.25, 0.3) is 22.1 Å². The number of imidazole rings is 2. The molecule has 5 heterocycles. The smallest absolute Gasteiger partial charge is 0.335 e. The van der Waals surface area contributed by atoms with E-state index >= 15 is 0 Å². The van der Waals surface area contributed by atoms with Crippen molar-refractivity contribution in [1.82, 2.24) is 34.0 Å². The molecule has 0 bridgehead atoms. The Morgan fingerprint density at radius 1 is 0.790 bits per heavy atom. The van der Waals surface area contributed by atoms with E-state index in [1.165, 1.54) is 52.6 Å². The van der Waals surface area contributed by atoms with E-state index in [4.69, 9.17) is 19.4 Å². The molecule has 7 rings (SSSR count). The predicted molar refractivity (Wildman–Crippen MR) is 240 cm³/mol. The number of anilines is 2. The van der Waals surface area contributed by atoms with Crippen molar-refractivity contribution in [1.29, 1.82) is 0 Å². The Morgan fingerprint density at radius 2 is 1.31 bits per heavy atom. The number of fused-ring (bicyclic) bond motifs is 2. The van der Waals surface area contributed by atoms with Gasteiger partial charge >= 0.3 is 11.9 Å². The Morgan fingerprint density at radius 3 is 1.82 bits per heavy atom. The third kappa shape index (κ3) is 9.68. The number of hydrogen-bond acceptors (Lipinski definition) is 14. The fourth-order valence-corrected chi connectivity index (χ4v) is 9.72. The van der Waals surface area contributed by atoms with Crippen molar-refractivity contribution < 1.29 is 38.9 Å². The van der Waals surface area contributed by atoms with Crippen LogP contribution in [-0.2, 0) is 30.7 Å². The summed E-state index contributed by atoms with van der Waals surface area (Å²) in [7, 11) is 0. The molecular formula is C42H47N9O8S3. The molecule has 1 aliphatic heterocycles. The summed E-state index contributed by atoms with van der Waals surface area (Å²) in [6.45, 7) is 12.0. The van der Waals surface area contributed by atoms with Crippen molar-refractivity contribution in [2.45, 2.75) is 64.9 Å². The Bertz CT molecular complexity index is 2690. The Labute approximate surface area is 369 Å². The fraction of sp³-hybridized carbons (Fsp3) is 0.381. The van der Waals surface area contributed by atoms with Gasteiger partial charge in [0.2, 0.25) is 11.9 Å². The van der Waals surface area contributed by atoms with E-state index in [1.54, 1.807) is 10.6 Å². The number of nitrogens with zero attached hydrogens (tertiary/aromatic N) is 7. The highest BCUT2D eigenvalue weighted by molar-refractivity contribution is 7.98. The number of carboxylic acid groups (broad SMARTS) is 2. The molecule has 1 fully saturated rings. The average molecular weight is 902 g/mol. The first-order valence-corrected chi connectivity index (χ1v) is 23.0. The van der Waals surface area contributed by atoms with Gasteiger partial charge in [-0.05, 0) is 63.6 Å². The summed E-state index contributed by atoms with van der Waals surface area (Å²) >= 11 is 3.94. The van der Waals surface area contributed by atoms with E-state index in [1.807, 2.05) is 50.7 Å². The molecule has 0 unspecified atom stereocenters. The van der Waals surface area contributed by atoms with Gasteiger partial charge in [0.05, 0.1) is 68.9 Å². The first-order chi connectivity index (χ1) is 29.9. The highest BCUT2D eigenvalue weighted by atomic mass is 32.2. The second-order valence-electron chi connectivity index (χ2n) is 14.4.